The van der Waals surface area contributed by atoms with Crippen LogP contribution in [0.3, 0.4) is 0 Å². The molecular formula is C10H11BrFNO2. The van der Waals surface area contributed by atoms with Crippen molar-refractivity contribution in [1.29, 1.82) is 0 Å². The van der Waals surface area contributed by atoms with Crippen molar-refractivity contribution < 1.29 is 14.3 Å². The van der Waals surface area contributed by atoms with Crippen molar-refractivity contribution >= 4 is 21.9 Å². The van der Waals surface area contributed by atoms with E-state index in [1.54, 1.807) is 13.0 Å². The van der Waals surface area contributed by atoms with Gasteiger partial charge < -0.3 is 10.8 Å². The van der Waals surface area contributed by atoms with Gasteiger partial charge in [0, 0.05) is 5.92 Å². The molecule has 1 aromatic carbocycles. The van der Waals surface area contributed by atoms with Gasteiger partial charge in [0.1, 0.15) is 11.9 Å². The van der Waals surface area contributed by atoms with E-state index in [2.05, 4.69) is 15.9 Å². The Bertz CT molecular complexity index is 384. The molecule has 3 nitrogen and oxygen atoms in total. The number of rotatable bonds is 3. The number of hydrogen-bond acceptors (Lipinski definition) is 2. The lowest BCUT2D eigenvalue weighted by molar-refractivity contribution is -0.139. The molecule has 0 aliphatic rings. The normalized spacial score (nSPS) is 14.7. The highest BCUT2D eigenvalue weighted by Gasteiger charge is 2.21. The van der Waals surface area contributed by atoms with Gasteiger partial charge in [-0.25, -0.2) is 4.39 Å². The third-order valence-corrected chi connectivity index (χ3v) is 2.90. The Hall–Kier alpha value is -0.940. The van der Waals surface area contributed by atoms with E-state index in [1.807, 2.05) is 0 Å². The van der Waals surface area contributed by atoms with E-state index in [0.29, 0.717) is 10.0 Å². The number of benzene rings is 1. The van der Waals surface area contributed by atoms with Crippen molar-refractivity contribution in [1.82, 2.24) is 0 Å². The monoisotopic (exact) mass is 275 g/mol. The van der Waals surface area contributed by atoms with E-state index in [1.165, 1.54) is 12.1 Å². The molecular weight excluding hydrogens is 265 g/mol. The van der Waals surface area contributed by atoms with Crippen LogP contribution in [0.4, 0.5) is 4.39 Å². The van der Waals surface area contributed by atoms with Crippen molar-refractivity contribution in [2.75, 3.05) is 0 Å². The van der Waals surface area contributed by atoms with Crippen LogP contribution < -0.4 is 5.73 Å². The molecule has 0 saturated heterocycles. The quantitative estimate of drug-likeness (QED) is 0.888. The Balaban J connectivity index is 2.96. The summed E-state index contributed by atoms with van der Waals surface area (Å²) in [6.45, 7) is 1.69. The lowest BCUT2D eigenvalue weighted by Crippen LogP contribution is -2.35. The molecule has 0 radical (unpaired) electrons. The second-order valence-corrected chi connectivity index (χ2v) is 4.18. The van der Waals surface area contributed by atoms with Gasteiger partial charge in [-0.2, -0.15) is 0 Å². The van der Waals surface area contributed by atoms with E-state index in [9.17, 15) is 9.18 Å². The molecule has 0 fully saturated rings. The smallest absolute Gasteiger partial charge is 0.321 e. The van der Waals surface area contributed by atoms with Gasteiger partial charge in [-0.1, -0.05) is 13.0 Å². The van der Waals surface area contributed by atoms with Crippen LogP contribution in [-0.4, -0.2) is 17.1 Å². The molecule has 15 heavy (non-hydrogen) atoms. The zero-order chi connectivity index (χ0) is 11.6. The van der Waals surface area contributed by atoms with Gasteiger partial charge in [0.2, 0.25) is 0 Å². The minimum atomic E-state index is -1.07. The van der Waals surface area contributed by atoms with Crippen LogP contribution >= 0.6 is 15.9 Å². The lowest BCUT2D eigenvalue weighted by Gasteiger charge is -2.16. The molecule has 3 N–H and O–H groups in total. The first kappa shape index (κ1) is 12.1. The summed E-state index contributed by atoms with van der Waals surface area (Å²) in [5.74, 6) is -1.81. The number of nitrogens with two attached hydrogens (primary N) is 1. The van der Waals surface area contributed by atoms with Gasteiger partial charge in [-0.3, -0.25) is 4.79 Å². The van der Waals surface area contributed by atoms with E-state index < -0.39 is 12.0 Å². The fourth-order valence-corrected chi connectivity index (χ4v) is 1.61. The molecule has 1 aromatic rings. The molecule has 2 unspecified atom stereocenters. The Morgan fingerprint density at radius 3 is 2.67 bits per heavy atom. The number of hydrogen-bond donors (Lipinski definition) is 2. The molecule has 0 amide bonds. The summed E-state index contributed by atoms with van der Waals surface area (Å²) in [4.78, 5) is 10.7. The minimum Gasteiger partial charge on any atom is -0.480 e. The Labute approximate surface area is 95.2 Å². The molecule has 0 heterocycles. The van der Waals surface area contributed by atoms with Crippen LogP contribution in [0.15, 0.2) is 22.7 Å². The fraction of sp³-hybridized carbons (Fsp3) is 0.300. The van der Waals surface area contributed by atoms with Gasteiger partial charge in [0.15, 0.2) is 0 Å². The Morgan fingerprint density at radius 1 is 1.60 bits per heavy atom. The summed E-state index contributed by atoms with van der Waals surface area (Å²) in [7, 11) is 0. The summed E-state index contributed by atoms with van der Waals surface area (Å²) in [5, 5.41) is 8.73. The molecule has 0 aliphatic heterocycles. The number of carboxylic acid groups (broad SMARTS) is 1. The standard InChI is InChI=1S/C10H11BrFNO2/c1-5(9(13)10(14)15)6-2-3-8(12)7(11)4-6/h2-5,9H,13H2,1H3,(H,14,15). The maximum Gasteiger partial charge on any atom is 0.321 e. The molecule has 0 saturated carbocycles. The molecule has 0 aromatic heterocycles. The molecule has 5 heteroatoms. The van der Waals surface area contributed by atoms with E-state index in [-0.39, 0.29) is 11.7 Å². The summed E-state index contributed by atoms with van der Waals surface area (Å²) in [6.07, 6.45) is 0. The average molecular weight is 276 g/mol. The topological polar surface area (TPSA) is 63.3 Å². The highest BCUT2D eigenvalue weighted by Crippen LogP contribution is 2.24. The molecule has 0 bridgehead atoms. The maximum atomic E-state index is 12.9. The van der Waals surface area contributed by atoms with Gasteiger partial charge in [0.25, 0.3) is 0 Å². The van der Waals surface area contributed by atoms with Gasteiger partial charge in [-0.05, 0) is 33.6 Å². The minimum absolute atomic E-state index is 0.310. The van der Waals surface area contributed by atoms with E-state index in [4.69, 9.17) is 10.8 Å². The summed E-state index contributed by atoms with van der Waals surface area (Å²) in [5.41, 5.74) is 6.16. The number of carbonyl (C=O) groups is 1. The van der Waals surface area contributed by atoms with Crippen LogP contribution in [0.1, 0.15) is 18.4 Å². The fourth-order valence-electron chi connectivity index (χ4n) is 1.22. The predicted molar refractivity (Wildman–Crippen MR) is 58.1 cm³/mol. The van der Waals surface area contributed by atoms with Gasteiger partial charge >= 0.3 is 5.97 Å². The summed E-state index contributed by atoms with van der Waals surface area (Å²) >= 11 is 3.04. The van der Waals surface area contributed by atoms with Crippen LogP contribution in [0.25, 0.3) is 0 Å². The summed E-state index contributed by atoms with van der Waals surface area (Å²) < 4.78 is 13.2. The highest BCUT2D eigenvalue weighted by atomic mass is 79.9. The molecule has 1 rings (SSSR count). The lowest BCUT2D eigenvalue weighted by atomic mass is 9.94. The molecule has 2 atom stereocenters. The van der Waals surface area contributed by atoms with Gasteiger partial charge in [0.05, 0.1) is 4.47 Å². The van der Waals surface area contributed by atoms with Crippen molar-refractivity contribution in [2.45, 2.75) is 18.9 Å². The first-order valence-electron chi connectivity index (χ1n) is 4.37. The number of aliphatic carboxylic acids is 1. The summed E-state index contributed by atoms with van der Waals surface area (Å²) in [6, 6.07) is 3.38. The second-order valence-electron chi connectivity index (χ2n) is 3.33. The van der Waals surface area contributed by atoms with Crippen molar-refractivity contribution in [3.63, 3.8) is 0 Å². The van der Waals surface area contributed by atoms with Crippen molar-refractivity contribution in [2.24, 2.45) is 5.73 Å². The largest absolute Gasteiger partial charge is 0.480 e. The maximum absolute atomic E-state index is 12.9. The molecule has 82 valence electrons. The van der Waals surface area contributed by atoms with Crippen molar-refractivity contribution in [3.05, 3.63) is 34.1 Å². The number of halogens is 2. The van der Waals surface area contributed by atoms with Crippen molar-refractivity contribution in [3.8, 4) is 0 Å². The van der Waals surface area contributed by atoms with E-state index in [0.717, 1.165) is 0 Å². The van der Waals surface area contributed by atoms with Crippen LogP contribution in [-0.2, 0) is 4.79 Å². The van der Waals surface area contributed by atoms with Gasteiger partial charge in [-0.15, -0.1) is 0 Å². The SMILES string of the molecule is CC(c1ccc(F)c(Br)c1)C(N)C(=O)O. The third kappa shape index (κ3) is 2.76. The number of carboxylic acids is 1. The third-order valence-electron chi connectivity index (χ3n) is 2.29. The van der Waals surface area contributed by atoms with Crippen LogP contribution in [0.2, 0.25) is 0 Å². The molecule has 0 spiro atoms. The molecule has 0 aliphatic carbocycles. The average Bonchev–Trinajstić information content (AvgIpc) is 2.19. The zero-order valence-corrected chi connectivity index (χ0v) is 9.66. The van der Waals surface area contributed by atoms with E-state index >= 15 is 0 Å². The second kappa shape index (κ2) is 4.72. The van der Waals surface area contributed by atoms with Crippen LogP contribution in [0.5, 0.6) is 0 Å². The van der Waals surface area contributed by atoms with Crippen LogP contribution in [0, 0.1) is 5.82 Å². The predicted octanol–water partition coefficient (Wildman–Crippen LogP) is 2.10. The first-order valence-corrected chi connectivity index (χ1v) is 5.16. The highest BCUT2D eigenvalue weighted by molar-refractivity contribution is 9.10. The zero-order valence-electron chi connectivity index (χ0n) is 8.08. The Kier molecular flexibility index (Phi) is 3.82. The Morgan fingerprint density at radius 2 is 2.20 bits per heavy atom. The first-order chi connectivity index (χ1) is 6.93.